The molecule has 1 fully saturated rings. The summed E-state index contributed by atoms with van der Waals surface area (Å²) in [6, 6.07) is 3.16. The van der Waals surface area contributed by atoms with Crippen molar-refractivity contribution in [3.8, 4) is 0 Å². The van der Waals surface area contributed by atoms with Crippen LogP contribution >= 0.6 is 15.9 Å². The molecule has 0 saturated carbocycles. The maximum Gasteiger partial charge on any atom is 0.287 e. The zero-order chi connectivity index (χ0) is 14.5. The first kappa shape index (κ1) is 15.0. The molecule has 2 heterocycles. The van der Waals surface area contributed by atoms with Crippen LogP contribution in [-0.4, -0.2) is 61.5 Å². The summed E-state index contributed by atoms with van der Waals surface area (Å²) >= 11 is 3.11. The molecular weight excluding hydrogens is 328 g/mol. The normalized spacial score (nSPS) is 16.9. The fourth-order valence-corrected chi connectivity index (χ4v) is 2.12. The standard InChI is InChI=1S/C12H17BrN4O3/c1-16-4-6-17(7-5-16)15-11(18)8-14-12(19)9-2-3-10(13)20-9/h2-3H,4-8H2,1H3,(H,14,19)(H,15,18). The number of furan rings is 1. The van der Waals surface area contributed by atoms with Crippen molar-refractivity contribution in [3.63, 3.8) is 0 Å². The van der Waals surface area contributed by atoms with E-state index < -0.39 is 5.91 Å². The van der Waals surface area contributed by atoms with Crippen LogP contribution in [-0.2, 0) is 4.79 Å². The van der Waals surface area contributed by atoms with Gasteiger partial charge in [-0.15, -0.1) is 0 Å². The number of hydrazine groups is 1. The van der Waals surface area contributed by atoms with Crippen LogP contribution in [0.15, 0.2) is 21.2 Å². The van der Waals surface area contributed by atoms with Gasteiger partial charge in [0.15, 0.2) is 10.4 Å². The van der Waals surface area contributed by atoms with Gasteiger partial charge < -0.3 is 14.6 Å². The maximum absolute atomic E-state index is 11.7. The quantitative estimate of drug-likeness (QED) is 0.807. The molecule has 1 aliphatic rings. The average Bonchev–Trinajstić information content (AvgIpc) is 2.85. The van der Waals surface area contributed by atoms with E-state index in [1.54, 1.807) is 6.07 Å². The van der Waals surface area contributed by atoms with Crippen molar-refractivity contribution < 1.29 is 14.0 Å². The smallest absolute Gasteiger partial charge is 0.287 e. The summed E-state index contributed by atoms with van der Waals surface area (Å²) in [5, 5.41) is 4.37. The second-order valence-corrected chi connectivity index (χ2v) is 5.39. The molecule has 0 aromatic carbocycles. The summed E-state index contributed by atoms with van der Waals surface area (Å²) in [5.41, 5.74) is 2.76. The fourth-order valence-electron chi connectivity index (χ4n) is 1.82. The van der Waals surface area contributed by atoms with Gasteiger partial charge in [-0.25, -0.2) is 5.01 Å². The van der Waals surface area contributed by atoms with Gasteiger partial charge in [0.1, 0.15) is 0 Å². The van der Waals surface area contributed by atoms with Crippen molar-refractivity contribution in [2.45, 2.75) is 0 Å². The van der Waals surface area contributed by atoms with Gasteiger partial charge in [-0.1, -0.05) is 0 Å². The van der Waals surface area contributed by atoms with E-state index in [9.17, 15) is 9.59 Å². The summed E-state index contributed by atoms with van der Waals surface area (Å²) in [4.78, 5) is 25.6. The molecule has 2 N–H and O–H groups in total. The molecule has 0 radical (unpaired) electrons. The van der Waals surface area contributed by atoms with Crippen molar-refractivity contribution in [1.82, 2.24) is 20.7 Å². The third-order valence-electron chi connectivity index (χ3n) is 2.99. The van der Waals surface area contributed by atoms with Crippen LogP contribution in [0.4, 0.5) is 0 Å². The predicted octanol–water partition coefficient (Wildman–Crippen LogP) is 0.0505. The molecule has 1 aromatic rings. The molecule has 1 aliphatic heterocycles. The Hall–Kier alpha value is -1.38. The predicted molar refractivity (Wildman–Crippen MR) is 76.0 cm³/mol. The van der Waals surface area contributed by atoms with Crippen molar-refractivity contribution in [2.75, 3.05) is 39.8 Å². The molecule has 1 aromatic heterocycles. The number of nitrogens with one attached hydrogen (secondary N) is 2. The topological polar surface area (TPSA) is 77.8 Å². The van der Waals surface area contributed by atoms with Crippen molar-refractivity contribution >= 4 is 27.7 Å². The van der Waals surface area contributed by atoms with Crippen LogP contribution in [0.1, 0.15) is 10.6 Å². The SMILES string of the molecule is CN1CCN(NC(=O)CNC(=O)c2ccc(Br)o2)CC1. The fraction of sp³-hybridized carbons (Fsp3) is 0.500. The molecular formula is C12H17BrN4O3. The lowest BCUT2D eigenvalue weighted by Gasteiger charge is -2.32. The highest BCUT2D eigenvalue weighted by Crippen LogP contribution is 2.13. The summed E-state index contributed by atoms with van der Waals surface area (Å²) in [7, 11) is 2.04. The van der Waals surface area contributed by atoms with Gasteiger partial charge >= 0.3 is 0 Å². The number of amides is 2. The Labute approximate surface area is 125 Å². The van der Waals surface area contributed by atoms with Gasteiger partial charge in [0.2, 0.25) is 0 Å². The first-order chi connectivity index (χ1) is 9.54. The molecule has 0 spiro atoms. The van der Waals surface area contributed by atoms with Gasteiger partial charge in [-0.2, -0.15) is 0 Å². The Balaban J connectivity index is 1.71. The monoisotopic (exact) mass is 344 g/mol. The maximum atomic E-state index is 11.7. The molecule has 2 amide bonds. The second kappa shape index (κ2) is 6.87. The highest BCUT2D eigenvalue weighted by Gasteiger charge is 2.16. The minimum atomic E-state index is -0.413. The summed E-state index contributed by atoms with van der Waals surface area (Å²) in [6.45, 7) is 3.30. The van der Waals surface area contributed by atoms with Gasteiger partial charge in [-0.05, 0) is 35.1 Å². The molecule has 0 atom stereocenters. The number of carbonyl (C=O) groups excluding carboxylic acids is 2. The number of hydrogen-bond acceptors (Lipinski definition) is 5. The Bertz CT molecular complexity index is 483. The zero-order valence-electron chi connectivity index (χ0n) is 11.2. The van der Waals surface area contributed by atoms with E-state index in [0.29, 0.717) is 4.67 Å². The zero-order valence-corrected chi connectivity index (χ0v) is 12.8. The number of piperazine rings is 1. The highest BCUT2D eigenvalue weighted by atomic mass is 79.9. The van der Waals surface area contributed by atoms with Crippen LogP contribution in [0, 0.1) is 0 Å². The van der Waals surface area contributed by atoms with Crippen molar-refractivity contribution in [1.29, 1.82) is 0 Å². The largest absolute Gasteiger partial charge is 0.444 e. The molecule has 110 valence electrons. The third-order valence-corrected chi connectivity index (χ3v) is 3.42. The van der Waals surface area contributed by atoms with Gasteiger partial charge in [0, 0.05) is 26.2 Å². The lowest BCUT2D eigenvalue weighted by atomic mass is 10.4. The number of carbonyl (C=O) groups is 2. The Kier molecular flexibility index (Phi) is 5.16. The second-order valence-electron chi connectivity index (χ2n) is 4.61. The van der Waals surface area contributed by atoms with Crippen molar-refractivity contribution in [2.24, 2.45) is 0 Å². The van der Waals surface area contributed by atoms with E-state index in [1.807, 2.05) is 12.1 Å². The number of likely N-dealkylation sites (N-methyl/N-ethyl adjacent to an activating group) is 1. The number of halogens is 1. The Morgan fingerprint density at radius 2 is 2.00 bits per heavy atom. The van der Waals surface area contributed by atoms with Gasteiger partial charge in [0.05, 0.1) is 6.54 Å². The minimum absolute atomic E-state index is 0.0799. The molecule has 8 heteroatoms. The molecule has 0 aliphatic carbocycles. The summed E-state index contributed by atoms with van der Waals surface area (Å²) < 4.78 is 5.57. The molecule has 2 rings (SSSR count). The summed E-state index contributed by atoms with van der Waals surface area (Å²) in [5.74, 6) is -0.484. The van der Waals surface area contributed by atoms with E-state index in [1.165, 1.54) is 6.07 Å². The number of hydrogen-bond donors (Lipinski definition) is 2. The average molecular weight is 345 g/mol. The van der Waals surface area contributed by atoms with E-state index in [2.05, 4.69) is 31.6 Å². The Morgan fingerprint density at radius 3 is 2.60 bits per heavy atom. The lowest BCUT2D eigenvalue weighted by molar-refractivity contribution is -0.125. The molecule has 20 heavy (non-hydrogen) atoms. The lowest BCUT2D eigenvalue weighted by Crippen LogP contribution is -2.54. The van der Waals surface area contributed by atoms with E-state index in [0.717, 1.165) is 26.2 Å². The van der Waals surface area contributed by atoms with Crippen LogP contribution in [0.3, 0.4) is 0 Å². The van der Waals surface area contributed by atoms with E-state index in [4.69, 9.17) is 4.42 Å². The molecule has 1 saturated heterocycles. The van der Waals surface area contributed by atoms with E-state index >= 15 is 0 Å². The number of rotatable bonds is 4. The molecule has 0 unspecified atom stereocenters. The Morgan fingerprint density at radius 1 is 1.30 bits per heavy atom. The van der Waals surface area contributed by atoms with E-state index in [-0.39, 0.29) is 18.2 Å². The van der Waals surface area contributed by atoms with Gasteiger partial charge in [0.25, 0.3) is 11.8 Å². The number of nitrogens with zero attached hydrogens (tertiary/aromatic N) is 2. The van der Waals surface area contributed by atoms with Crippen LogP contribution in [0.25, 0.3) is 0 Å². The summed E-state index contributed by atoms with van der Waals surface area (Å²) in [6.07, 6.45) is 0. The third kappa shape index (κ3) is 4.32. The highest BCUT2D eigenvalue weighted by molar-refractivity contribution is 9.10. The van der Waals surface area contributed by atoms with Crippen LogP contribution in [0.5, 0.6) is 0 Å². The molecule has 7 nitrogen and oxygen atoms in total. The van der Waals surface area contributed by atoms with Crippen LogP contribution < -0.4 is 10.7 Å². The van der Waals surface area contributed by atoms with Gasteiger partial charge in [-0.3, -0.25) is 15.0 Å². The van der Waals surface area contributed by atoms with Crippen LogP contribution in [0.2, 0.25) is 0 Å². The minimum Gasteiger partial charge on any atom is -0.444 e. The first-order valence-electron chi connectivity index (χ1n) is 6.31. The van der Waals surface area contributed by atoms with Crippen molar-refractivity contribution in [3.05, 3.63) is 22.6 Å². The first-order valence-corrected chi connectivity index (χ1v) is 7.10. The molecule has 0 bridgehead atoms.